The minimum absolute atomic E-state index is 0.182. The lowest BCUT2D eigenvalue weighted by Crippen LogP contribution is -2.63. The molecule has 2 aliphatic rings. The molecule has 9 nitrogen and oxygen atoms in total. The Kier molecular flexibility index (Phi) is 6.08. The standard InChI is InChI=1S/C15H28N4O5S/c1-4-17(3)25(23,24)19-10-9-16(2)15(12-19)6-5-13(20)18(8-7-15)11-14(21)22/h4-12H2,1-3H3,(H,21,22)/t15-/m1/s1. The van der Waals surface area contributed by atoms with Gasteiger partial charge in [-0.3, -0.25) is 14.5 Å². The predicted octanol–water partition coefficient (Wildman–Crippen LogP) is -0.734. The van der Waals surface area contributed by atoms with Crippen LogP contribution in [0.25, 0.3) is 0 Å². The van der Waals surface area contributed by atoms with Crippen molar-refractivity contribution in [1.29, 1.82) is 0 Å². The number of aliphatic carboxylic acids is 1. The van der Waals surface area contributed by atoms with Gasteiger partial charge in [0.05, 0.1) is 0 Å². The highest BCUT2D eigenvalue weighted by Gasteiger charge is 2.45. The third-order valence-corrected chi connectivity index (χ3v) is 7.47. The van der Waals surface area contributed by atoms with E-state index in [-0.39, 0.29) is 18.9 Å². The summed E-state index contributed by atoms with van der Waals surface area (Å²) < 4.78 is 28.2. The molecule has 25 heavy (non-hydrogen) atoms. The van der Waals surface area contributed by atoms with Crippen molar-refractivity contribution in [1.82, 2.24) is 18.4 Å². The van der Waals surface area contributed by atoms with Crippen molar-refractivity contribution in [3.8, 4) is 0 Å². The van der Waals surface area contributed by atoms with Gasteiger partial charge in [0.1, 0.15) is 6.54 Å². The van der Waals surface area contributed by atoms with Crippen LogP contribution in [0.15, 0.2) is 0 Å². The molecule has 2 rings (SSSR count). The lowest BCUT2D eigenvalue weighted by Gasteiger charge is -2.49. The first-order valence-corrected chi connectivity index (χ1v) is 9.94. The summed E-state index contributed by atoms with van der Waals surface area (Å²) in [6.07, 6.45) is 1.32. The minimum Gasteiger partial charge on any atom is -0.480 e. The fraction of sp³-hybridized carbons (Fsp3) is 0.867. The lowest BCUT2D eigenvalue weighted by atomic mass is 9.87. The normalized spacial score (nSPS) is 27.0. The van der Waals surface area contributed by atoms with E-state index in [9.17, 15) is 18.0 Å². The van der Waals surface area contributed by atoms with E-state index in [0.717, 1.165) is 0 Å². The summed E-state index contributed by atoms with van der Waals surface area (Å²) in [7, 11) is -0.0112. The van der Waals surface area contributed by atoms with Crippen LogP contribution in [0.4, 0.5) is 0 Å². The number of rotatable bonds is 5. The Morgan fingerprint density at radius 2 is 1.96 bits per heavy atom. The first-order chi connectivity index (χ1) is 11.6. The lowest BCUT2D eigenvalue weighted by molar-refractivity contribution is -0.144. The van der Waals surface area contributed by atoms with Gasteiger partial charge in [0.2, 0.25) is 5.91 Å². The van der Waals surface area contributed by atoms with Gasteiger partial charge >= 0.3 is 5.97 Å². The first kappa shape index (κ1) is 20.1. The zero-order valence-electron chi connectivity index (χ0n) is 15.1. The summed E-state index contributed by atoms with van der Waals surface area (Å²) in [6.45, 7) is 3.53. The average molecular weight is 376 g/mol. The second-order valence-electron chi connectivity index (χ2n) is 6.86. The average Bonchev–Trinajstić information content (AvgIpc) is 2.70. The van der Waals surface area contributed by atoms with E-state index >= 15 is 0 Å². The Morgan fingerprint density at radius 1 is 1.28 bits per heavy atom. The van der Waals surface area contributed by atoms with Gasteiger partial charge in [-0.05, 0) is 19.9 Å². The third-order valence-electron chi connectivity index (χ3n) is 5.46. The molecule has 0 aromatic heterocycles. The van der Waals surface area contributed by atoms with E-state index in [0.29, 0.717) is 45.6 Å². The summed E-state index contributed by atoms with van der Waals surface area (Å²) in [5.74, 6) is -1.21. The molecule has 2 heterocycles. The number of carboxylic acids is 1. The number of amides is 1. The molecule has 10 heteroatoms. The highest BCUT2D eigenvalue weighted by atomic mass is 32.2. The molecule has 0 aromatic rings. The van der Waals surface area contributed by atoms with Crippen molar-refractivity contribution >= 4 is 22.1 Å². The maximum absolute atomic E-state index is 12.7. The molecular formula is C15H28N4O5S. The van der Waals surface area contributed by atoms with Crippen molar-refractivity contribution in [2.24, 2.45) is 0 Å². The zero-order chi connectivity index (χ0) is 18.8. The Bertz CT molecular complexity index is 625. The summed E-state index contributed by atoms with van der Waals surface area (Å²) >= 11 is 0. The highest BCUT2D eigenvalue weighted by molar-refractivity contribution is 7.86. The third kappa shape index (κ3) is 4.13. The highest BCUT2D eigenvalue weighted by Crippen LogP contribution is 2.33. The van der Waals surface area contributed by atoms with Crippen molar-refractivity contribution in [2.45, 2.75) is 31.7 Å². The molecule has 0 aromatic carbocycles. The van der Waals surface area contributed by atoms with Crippen LogP contribution in [-0.2, 0) is 19.8 Å². The van der Waals surface area contributed by atoms with Gasteiger partial charge in [0.25, 0.3) is 10.2 Å². The fourth-order valence-corrected chi connectivity index (χ4v) is 4.98. The maximum atomic E-state index is 12.7. The van der Waals surface area contributed by atoms with Gasteiger partial charge in [0.15, 0.2) is 0 Å². The van der Waals surface area contributed by atoms with Gasteiger partial charge in [-0.1, -0.05) is 6.92 Å². The van der Waals surface area contributed by atoms with Crippen LogP contribution >= 0.6 is 0 Å². The van der Waals surface area contributed by atoms with Crippen molar-refractivity contribution in [3.63, 3.8) is 0 Å². The van der Waals surface area contributed by atoms with Crippen LogP contribution < -0.4 is 0 Å². The van der Waals surface area contributed by atoms with E-state index < -0.39 is 21.7 Å². The molecule has 2 saturated heterocycles. The Labute approximate surface area is 149 Å². The van der Waals surface area contributed by atoms with Crippen LogP contribution in [0.1, 0.15) is 26.2 Å². The first-order valence-electron chi connectivity index (χ1n) is 8.54. The predicted molar refractivity (Wildman–Crippen MR) is 92.2 cm³/mol. The quantitative estimate of drug-likeness (QED) is 0.679. The number of hydrogen-bond acceptors (Lipinski definition) is 5. The van der Waals surface area contributed by atoms with Crippen molar-refractivity contribution in [2.75, 3.05) is 53.4 Å². The van der Waals surface area contributed by atoms with Gasteiger partial charge < -0.3 is 10.0 Å². The van der Waals surface area contributed by atoms with Gasteiger partial charge in [-0.15, -0.1) is 0 Å². The Hall–Kier alpha value is -1.23. The number of likely N-dealkylation sites (tertiary alicyclic amines) is 1. The van der Waals surface area contributed by atoms with Gasteiger partial charge in [-0.2, -0.15) is 17.0 Å². The number of carbonyl (C=O) groups is 2. The maximum Gasteiger partial charge on any atom is 0.323 e. The molecule has 144 valence electrons. The number of likely N-dealkylation sites (N-methyl/N-ethyl adjacent to an activating group) is 1. The van der Waals surface area contributed by atoms with Gasteiger partial charge in [-0.25, -0.2) is 0 Å². The van der Waals surface area contributed by atoms with Crippen LogP contribution in [0.2, 0.25) is 0 Å². The molecule has 0 saturated carbocycles. The molecule has 2 fully saturated rings. The van der Waals surface area contributed by atoms with E-state index in [1.54, 1.807) is 14.0 Å². The van der Waals surface area contributed by atoms with Crippen LogP contribution in [0, 0.1) is 0 Å². The van der Waals surface area contributed by atoms with E-state index in [4.69, 9.17) is 5.11 Å². The number of hydrogen-bond donors (Lipinski definition) is 1. The SMILES string of the molecule is CCN(C)S(=O)(=O)N1CCN(C)[C@@]2(CCC(=O)N(CC(=O)O)CC2)C1. The zero-order valence-corrected chi connectivity index (χ0v) is 16.0. The second-order valence-corrected chi connectivity index (χ2v) is 8.90. The summed E-state index contributed by atoms with van der Waals surface area (Å²) in [5, 5.41) is 8.97. The minimum atomic E-state index is -3.52. The smallest absolute Gasteiger partial charge is 0.323 e. The topological polar surface area (TPSA) is 101 Å². The molecule has 0 unspecified atom stereocenters. The number of piperazine rings is 1. The molecule has 0 radical (unpaired) electrons. The van der Waals surface area contributed by atoms with Crippen LogP contribution in [-0.4, -0.2) is 103 Å². The second kappa shape index (κ2) is 7.56. The summed E-state index contributed by atoms with van der Waals surface area (Å²) in [6, 6.07) is 0. The van der Waals surface area contributed by atoms with E-state index in [1.165, 1.54) is 13.5 Å². The number of nitrogens with zero attached hydrogens (tertiary/aromatic N) is 4. The Balaban J connectivity index is 2.20. The van der Waals surface area contributed by atoms with Gasteiger partial charge in [0, 0.05) is 51.7 Å². The van der Waals surface area contributed by atoms with E-state index in [2.05, 4.69) is 4.90 Å². The monoisotopic (exact) mass is 376 g/mol. The molecule has 1 amide bonds. The largest absolute Gasteiger partial charge is 0.480 e. The Morgan fingerprint density at radius 3 is 2.56 bits per heavy atom. The van der Waals surface area contributed by atoms with Crippen LogP contribution in [0.3, 0.4) is 0 Å². The molecule has 1 atom stereocenters. The number of carbonyl (C=O) groups excluding carboxylic acids is 1. The molecule has 1 N–H and O–H groups in total. The molecule has 0 aliphatic carbocycles. The molecular weight excluding hydrogens is 348 g/mol. The van der Waals surface area contributed by atoms with Crippen molar-refractivity contribution in [3.05, 3.63) is 0 Å². The molecule has 1 spiro atoms. The summed E-state index contributed by atoms with van der Waals surface area (Å²) in [4.78, 5) is 26.7. The van der Waals surface area contributed by atoms with Crippen LogP contribution in [0.5, 0.6) is 0 Å². The number of carboxylic acid groups (broad SMARTS) is 1. The van der Waals surface area contributed by atoms with Crippen molar-refractivity contribution < 1.29 is 23.1 Å². The van der Waals surface area contributed by atoms with E-state index in [1.807, 2.05) is 7.05 Å². The molecule has 2 aliphatic heterocycles. The fourth-order valence-electron chi connectivity index (χ4n) is 3.54. The molecule has 0 bridgehead atoms. The summed E-state index contributed by atoms with van der Waals surface area (Å²) in [5.41, 5.74) is -0.442.